The molecule has 0 saturated heterocycles. The van der Waals surface area contributed by atoms with Gasteiger partial charge in [0.05, 0.1) is 12.5 Å². The summed E-state index contributed by atoms with van der Waals surface area (Å²) in [4.78, 5) is 11.5. The fraction of sp³-hybridized carbons (Fsp3) is 0.364. The van der Waals surface area contributed by atoms with Crippen molar-refractivity contribution in [3.05, 3.63) is 79.2 Å². The van der Waals surface area contributed by atoms with Crippen LogP contribution in [-0.2, 0) is 9.53 Å². The predicted molar refractivity (Wildman–Crippen MR) is 104 cm³/mol. The molecule has 2 fully saturated rings. The Morgan fingerprint density at radius 2 is 1.52 bits per heavy atom. The molecule has 2 aliphatic rings. The minimum Gasteiger partial charge on any atom is -0.469 e. The average Bonchev–Trinajstić information content (AvgIpc) is 3.26. The number of benzene rings is 2. The molecule has 0 unspecified atom stereocenters. The SMILES string of the molecule is COC(=O)[C@]1(C)[CH][C@H]2CC[C@@H]1C2.[HH].[Sn].[c]1ccccc1.[c]1ccccc1. The van der Waals surface area contributed by atoms with Crippen LogP contribution in [0.25, 0.3) is 0 Å². The summed E-state index contributed by atoms with van der Waals surface area (Å²) in [6.45, 7) is 2.02. The van der Waals surface area contributed by atoms with Crippen molar-refractivity contribution >= 4 is 29.9 Å². The van der Waals surface area contributed by atoms with E-state index in [9.17, 15) is 4.79 Å². The Morgan fingerprint density at radius 3 is 1.76 bits per heavy atom. The molecule has 3 atom stereocenters. The molecular formula is C22H27O2Sn. The van der Waals surface area contributed by atoms with Gasteiger partial charge in [0.15, 0.2) is 0 Å². The fourth-order valence-corrected chi connectivity index (χ4v) is 3.48. The molecule has 0 N–H and O–H groups in total. The van der Waals surface area contributed by atoms with Crippen molar-refractivity contribution in [2.75, 3.05) is 7.11 Å². The molecule has 2 bridgehead atoms. The third-order valence-electron chi connectivity index (χ3n) is 4.74. The number of carbonyl (C=O) groups excluding carboxylic acids is 1. The van der Waals surface area contributed by atoms with Gasteiger partial charge in [-0.1, -0.05) is 60.7 Å². The topological polar surface area (TPSA) is 26.3 Å². The summed E-state index contributed by atoms with van der Waals surface area (Å²) in [7, 11) is 1.48. The van der Waals surface area contributed by atoms with Gasteiger partial charge in [0, 0.05) is 25.3 Å². The molecular weight excluding hydrogens is 415 g/mol. The third-order valence-corrected chi connectivity index (χ3v) is 4.74. The van der Waals surface area contributed by atoms with Crippen LogP contribution in [0.15, 0.2) is 60.7 Å². The van der Waals surface area contributed by atoms with E-state index in [1.165, 1.54) is 26.4 Å². The quantitative estimate of drug-likeness (QED) is 0.476. The van der Waals surface area contributed by atoms with Crippen LogP contribution in [0.5, 0.6) is 0 Å². The second-order valence-electron chi connectivity index (χ2n) is 6.37. The minimum atomic E-state index is -0.266. The van der Waals surface area contributed by atoms with Crippen LogP contribution < -0.4 is 0 Å². The molecule has 2 saturated carbocycles. The Kier molecular flexibility index (Phi) is 9.87. The van der Waals surface area contributed by atoms with Gasteiger partial charge in [-0.3, -0.25) is 4.79 Å². The number of esters is 1. The van der Waals surface area contributed by atoms with Crippen LogP contribution in [0.1, 0.15) is 27.6 Å². The smallest absolute Gasteiger partial charge is 0.312 e. The standard InChI is InChI=1S/C10H15O2.2C6H5.Sn.H2/c1-10(9(11)12-2)6-7-3-4-8(10)5-7;2*1-2-4-6-5-3-1;;/h6-8H,3-5H2,1-2H3;2*1-5H;;1H/t7-,8+,10+;;;;/m0..../s1. The normalized spacial score (nSPS) is 25.4. The number of ether oxygens (including phenoxy) is 1. The Balaban J connectivity index is 0.000000382. The first kappa shape index (κ1) is 21.8. The number of hydrogen-bond donors (Lipinski definition) is 0. The summed E-state index contributed by atoms with van der Waals surface area (Å²) < 4.78 is 4.82. The van der Waals surface area contributed by atoms with E-state index in [1.807, 2.05) is 67.6 Å². The Morgan fingerprint density at radius 1 is 1.00 bits per heavy atom. The minimum absolute atomic E-state index is 0. The molecule has 0 spiro atoms. The Hall–Kier alpha value is -1.29. The molecule has 2 aromatic carbocycles. The molecule has 2 aromatic rings. The monoisotopic (exact) mass is 443 g/mol. The Labute approximate surface area is 170 Å². The van der Waals surface area contributed by atoms with E-state index in [-0.39, 0.29) is 36.7 Å². The average molecular weight is 442 g/mol. The Bertz CT molecular complexity index is 509. The summed E-state index contributed by atoms with van der Waals surface area (Å²) in [6, 6.07) is 25.0. The van der Waals surface area contributed by atoms with Gasteiger partial charge in [0.25, 0.3) is 0 Å². The maximum atomic E-state index is 11.5. The predicted octanol–water partition coefficient (Wildman–Crippen LogP) is 4.64. The van der Waals surface area contributed by atoms with Gasteiger partial charge in [-0.25, -0.2) is 0 Å². The van der Waals surface area contributed by atoms with Crippen molar-refractivity contribution in [1.29, 1.82) is 0 Å². The first-order valence-corrected chi connectivity index (χ1v) is 8.43. The summed E-state index contributed by atoms with van der Waals surface area (Å²) in [5, 5.41) is 0. The van der Waals surface area contributed by atoms with Crippen LogP contribution in [0.2, 0.25) is 0 Å². The van der Waals surface area contributed by atoms with Crippen LogP contribution in [0, 0.1) is 35.8 Å². The van der Waals surface area contributed by atoms with Crippen LogP contribution in [-0.4, -0.2) is 37.0 Å². The van der Waals surface area contributed by atoms with E-state index >= 15 is 0 Å². The van der Waals surface area contributed by atoms with E-state index in [2.05, 4.69) is 18.6 Å². The van der Waals surface area contributed by atoms with Crippen LogP contribution in [0.3, 0.4) is 0 Å². The molecule has 0 amide bonds. The zero-order valence-electron chi connectivity index (χ0n) is 14.9. The van der Waals surface area contributed by atoms with Gasteiger partial charge in [0.2, 0.25) is 0 Å². The number of rotatable bonds is 1. The molecule has 25 heavy (non-hydrogen) atoms. The van der Waals surface area contributed by atoms with E-state index in [0.29, 0.717) is 11.8 Å². The maximum absolute atomic E-state index is 11.5. The van der Waals surface area contributed by atoms with Gasteiger partial charge in [0.1, 0.15) is 0 Å². The molecule has 2 nitrogen and oxygen atoms in total. The fourth-order valence-electron chi connectivity index (χ4n) is 3.48. The second-order valence-corrected chi connectivity index (χ2v) is 6.37. The number of hydrogen-bond acceptors (Lipinski definition) is 2. The van der Waals surface area contributed by atoms with Gasteiger partial charge in [-0.05, 0) is 56.6 Å². The first-order chi connectivity index (χ1) is 11.7. The van der Waals surface area contributed by atoms with Crippen molar-refractivity contribution < 1.29 is 11.0 Å². The third kappa shape index (κ3) is 6.50. The van der Waals surface area contributed by atoms with E-state index < -0.39 is 0 Å². The van der Waals surface area contributed by atoms with Crippen molar-refractivity contribution in [1.82, 2.24) is 0 Å². The zero-order chi connectivity index (χ0) is 17.3. The summed E-state index contributed by atoms with van der Waals surface area (Å²) >= 11 is 0. The number of methoxy groups -OCH3 is 1. The molecule has 7 radical (unpaired) electrons. The first-order valence-electron chi connectivity index (χ1n) is 8.43. The summed E-state index contributed by atoms with van der Waals surface area (Å²) in [6.07, 6.45) is 5.88. The van der Waals surface area contributed by atoms with E-state index in [1.54, 1.807) is 0 Å². The zero-order valence-corrected chi connectivity index (χ0v) is 17.8. The second kappa shape index (κ2) is 11.3. The van der Waals surface area contributed by atoms with E-state index in [0.717, 1.165) is 0 Å². The van der Waals surface area contributed by atoms with Gasteiger partial charge < -0.3 is 4.74 Å². The molecule has 0 aromatic heterocycles. The molecule has 0 aliphatic heterocycles. The van der Waals surface area contributed by atoms with Gasteiger partial charge in [-0.15, -0.1) is 0 Å². The molecule has 4 rings (SSSR count). The summed E-state index contributed by atoms with van der Waals surface area (Å²) in [5.41, 5.74) is -0.266. The number of fused-ring (bicyclic) bond motifs is 2. The van der Waals surface area contributed by atoms with Crippen LogP contribution >= 0.6 is 0 Å². The molecule has 0 heterocycles. The largest absolute Gasteiger partial charge is 0.469 e. The maximum Gasteiger partial charge on any atom is 0.312 e. The summed E-state index contributed by atoms with van der Waals surface area (Å²) in [5.74, 6) is 1.18. The van der Waals surface area contributed by atoms with Crippen LogP contribution in [0.4, 0.5) is 0 Å². The molecule has 3 heteroatoms. The number of carbonyl (C=O) groups is 1. The van der Waals surface area contributed by atoms with E-state index in [4.69, 9.17) is 4.74 Å². The molecule has 2 aliphatic carbocycles. The van der Waals surface area contributed by atoms with Gasteiger partial charge >= 0.3 is 5.97 Å². The van der Waals surface area contributed by atoms with Crippen molar-refractivity contribution in [3.8, 4) is 0 Å². The van der Waals surface area contributed by atoms with Crippen molar-refractivity contribution in [3.63, 3.8) is 0 Å². The molecule has 131 valence electrons. The van der Waals surface area contributed by atoms with Gasteiger partial charge in [-0.2, -0.15) is 0 Å². The van der Waals surface area contributed by atoms with Crippen molar-refractivity contribution in [2.45, 2.75) is 26.2 Å². The van der Waals surface area contributed by atoms with Crippen molar-refractivity contribution in [2.24, 2.45) is 17.3 Å².